The van der Waals surface area contributed by atoms with Crippen molar-refractivity contribution in [3.8, 4) is 0 Å². The fourth-order valence-electron chi connectivity index (χ4n) is 2.12. The lowest BCUT2D eigenvalue weighted by molar-refractivity contribution is 0.496. The Labute approximate surface area is 123 Å². The number of aromatic nitrogens is 3. The smallest absolute Gasteiger partial charge is 0.165 e. The van der Waals surface area contributed by atoms with E-state index in [2.05, 4.69) is 21.9 Å². The summed E-state index contributed by atoms with van der Waals surface area (Å²) in [6, 6.07) is 1.84. The molecule has 0 saturated heterocycles. The summed E-state index contributed by atoms with van der Waals surface area (Å²) in [5.74, 6) is 0.571. The van der Waals surface area contributed by atoms with E-state index in [1.54, 1.807) is 15.7 Å². The molecule has 4 N–H and O–H groups in total. The lowest BCUT2D eigenvalue weighted by Gasteiger charge is -2.08. The Balaban J connectivity index is 2.48. The van der Waals surface area contributed by atoms with Crippen LogP contribution in [0.4, 0.5) is 5.82 Å². The minimum absolute atomic E-state index is 0.571. The molecule has 0 aliphatic rings. The maximum absolute atomic E-state index is 6.04. The molecule has 2 aromatic heterocycles. The standard InChI is InChI=1S/C14H21N7/c1-10(9-20(3)17-2)12-8-18-21-13(16)7-11(5-4-6-15)19-14(12)21/h7-9H,2,4-6,15-16H2,1,3H3/b10-9+. The van der Waals surface area contributed by atoms with Crippen LogP contribution in [0, 0.1) is 0 Å². The van der Waals surface area contributed by atoms with Gasteiger partial charge >= 0.3 is 0 Å². The minimum Gasteiger partial charge on any atom is -0.384 e. The summed E-state index contributed by atoms with van der Waals surface area (Å²) in [4.78, 5) is 4.65. The number of aryl methyl sites for hydroxylation is 1. The zero-order valence-electron chi connectivity index (χ0n) is 12.5. The van der Waals surface area contributed by atoms with Crippen LogP contribution in [0.15, 0.2) is 23.6 Å². The van der Waals surface area contributed by atoms with E-state index in [9.17, 15) is 0 Å². The topological polar surface area (TPSA) is 97.8 Å². The first-order valence-corrected chi connectivity index (χ1v) is 6.78. The number of nitrogens with zero attached hydrogens (tertiary/aromatic N) is 5. The molecule has 0 saturated carbocycles. The SMILES string of the molecule is C=NN(C)/C=C(\C)c1cnn2c(N)cc(CCCN)nc12. The number of nitrogens with two attached hydrogens (primary N) is 2. The number of hydrogen-bond acceptors (Lipinski definition) is 6. The van der Waals surface area contributed by atoms with Gasteiger partial charge in [0.2, 0.25) is 0 Å². The maximum atomic E-state index is 6.04. The fourth-order valence-corrected chi connectivity index (χ4v) is 2.12. The minimum atomic E-state index is 0.571. The third kappa shape index (κ3) is 3.19. The highest BCUT2D eigenvalue weighted by Crippen LogP contribution is 2.21. The molecule has 0 atom stereocenters. The largest absolute Gasteiger partial charge is 0.384 e. The molecule has 0 unspecified atom stereocenters. The zero-order chi connectivity index (χ0) is 15.4. The molecular formula is C14H21N7. The summed E-state index contributed by atoms with van der Waals surface area (Å²) < 4.78 is 1.64. The van der Waals surface area contributed by atoms with Crippen LogP contribution in [0.2, 0.25) is 0 Å². The summed E-state index contributed by atoms with van der Waals surface area (Å²) in [5, 5.41) is 9.75. The highest BCUT2D eigenvalue weighted by Gasteiger charge is 2.11. The number of fused-ring (bicyclic) bond motifs is 1. The molecule has 7 nitrogen and oxygen atoms in total. The first kappa shape index (κ1) is 15.0. The van der Waals surface area contributed by atoms with Crippen molar-refractivity contribution in [3.63, 3.8) is 0 Å². The van der Waals surface area contributed by atoms with Gasteiger partial charge in [0.15, 0.2) is 5.65 Å². The second-order valence-electron chi connectivity index (χ2n) is 4.89. The first-order chi connectivity index (χ1) is 10.1. The summed E-state index contributed by atoms with van der Waals surface area (Å²) >= 11 is 0. The van der Waals surface area contributed by atoms with Gasteiger partial charge in [0.1, 0.15) is 5.82 Å². The van der Waals surface area contributed by atoms with Gasteiger partial charge in [-0.3, -0.25) is 5.01 Å². The van der Waals surface area contributed by atoms with Crippen molar-refractivity contribution in [2.45, 2.75) is 19.8 Å². The number of allylic oxidation sites excluding steroid dienone is 1. The van der Waals surface area contributed by atoms with Crippen molar-refractivity contribution in [1.29, 1.82) is 0 Å². The quantitative estimate of drug-likeness (QED) is 0.612. The number of hydrazone groups is 1. The molecular weight excluding hydrogens is 266 g/mol. The van der Waals surface area contributed by atoms with Crippen LogP contribution >= 0.6 is 0 Å². The molecule has 2 aromatic rings. The van der Waals surface area contributed by atoms with Gasteiger partial charge in [0.05, 0.1) is 6.20 Å². The van der Waals surface area contributed by atoms with Gasteiger partial charge in [-0.2, -0.15) is 14.7 Å². The number of nitrogen functional groups attached to an aromatic ring is 1. The second kappa shape index (κ2) is 6.36. The van der Waals surface area contributed by atoms with Crippen molar-refractivity contribution in [2.24, 2.45) is 10.8 Å². The van der Waals surface area contributed by atoms with Crippen LogP contribution < -0.4 is 11.5 Å². The van der Waals surface area contributed by atoms with E-state index < -0.39 is 0 Å². The maximum Gasteiger partial charge on any atom is 0.165 e. The Kier molecular flexibility index (Phi) is 4.54. The third-order valence-electron chi connectivity index (χ3n) is 3.22. The Morgan fingerprint density at radius 3 is 3.00 bits per heavy atom. The lowest BCUT2D eigenvalue weighted by Crippen LogP contribution is -2.06. The van der Waals surface area contributed by atoms with Crippen LogP contribution in [-0.4, -0.2) is 39.9 Å². The van der Waals surface area contributed by atoms with Crippen LogP contribution in [0.3, 0.4) is 0 Å². The van der Waals surface area contributed by atoms with E-state index >= 15 is 0 Å². The molecule has 0 radical (unpaired) electrons. The van der Waals surface area contributed by atoms with Gasteiger partial charge in [0, 0.05) is 37.3 Å². The highest BCUT2D eigenvalue weighted by molar-refractivity contribution is 5.75. The van der Waals surface area contributed by atoms with Gasteiger partial charge in [-0.05, 0) is 31.9 Å². The van der Waals surface area contributed by atoms with Crippen molar-refractivity contribution in [3.05, 3.63) is 29.7 Å². The Hall–Kier alpha value is -2.41. The van der Waals surface area contributed by atoms with Crippen LogP contribution in [0.5, 0.6) is 0 Å². The molecule has 2 heterocycles. The van der Waals surface area contributed by atoms with Crippen LogP contribution in [0.1, 0.15) is 24.6 Å². The predicted octanol–water partition coefficient (Wildman–Crippen LogP) is 1.11. The van der Waals surface area contributed by atoms with E-state index in [4.69, 9.17) is 11.5 Å². The predicted molar refractivity (Wildman–Crippen MR) is 85.7 cm³/mol. The normalized spacial score (nSPS) is 11.9. The monoisotopic (exact) mass is 287 g/mol. The van der Waals surface area contributed by atoms with E-state index in [-0.39, 0.29) is 0 Å². The number of anilines is 1. The van der Waals surface area contributed by atoms with Crippen LogP contribution in [0.25, 0.3) is 11.2 Å². The Morgan fingerprint density at radius 1 is 1.57 bits per heavy atom. The zero-order valence-corrected chi connectivity index (χ0v) is 12.5. The molecule has 0 aliphatic carbocycles. The van der Waals surface area contributed by atoms with Crippen molar-refractivity contribution in [1.82, 2.24) is 19.6 Å². The summed E-state index contributed by atoms with van der Waals surface area (Å²) in [6.45, 7) is 6.09. The summed E-state index contributed by atoms with van der Waals surface area (Å²) in [5.41, 5.74) is 15.2. The molecule has 2 rings (SSSR count). The molecule has 0 fully saturated rings. The summed E-state index contributed by atoms with van der Waals surface area (Å²) in [7, 11) is 1.82. The molecule has 0 spiro atoms. The Morgan fingerprint density at radius 2 is 2.33 bits per heavy atom. The van der Waals surface area contributed by atoms with Crippen molar-refractivity contribution < 1.29 is 0 Å². The fraction of sp³-hybridized carbons (Fsp3) is 0.357. The van der Waals surface area contributed by atoms with E-state index in [0.717, 1.165) is 35.3 Å². The van der Waals surface area contributed by atoms with Crippen LogP contribution in [-0.2, 0) is 6.42 Å². The van der Waals surface area contributed by atoms with Gasteiger partial charge in [-0.25, -0.2) is 4.98 Å². The first-order valence-electron chi connectivity index (χ1n) is 6.78. The summed E-state index contributed by atoms with van der Waals surface area (Å²) in [6.07, 6.45) is 5.31. The number of hydrogen-bond donors (Lipinski definition) is 2. The van der Waals surface area contributed by atoms with Crippen molar-refractivity contribution >= 4 is 23.8 Å². The molecule has 0 amide bonds. The van der Waals surface area contributed by atoms with Gasteiger partial charge < -0.3 is 11.5 Å². The van der Waals surface area contributed by atoms with E-state index in [1.165, 1.54) is 0 Å². The lowest BCUT2D eigenvalue weighted by atomic mass is 10.1. The van der Waals surface area contributed by atoms with Gasteiger partial charge in [-0.15, -0.1) is 0 Å². The van der Waals surface area contributed by atoms with Crippen molar-refractivity contribution in [2.75, 3.05) is 19.3 Å². The van der Waals surface area contributed by atoms with Gasteiger partial charge in [0.25, 0.3) is 0 Å². The average molecular weight is 287 g/mol. The molecule has 0 aliphatic heterocycles. The second-order valence-corrected chi connectivity index (χ2v) is 4.89. The Bertz CT molecular complexity index is 671. The highest BCUT2D eigenvalue weighted by atomic mass is 15.4. The van der Waals surface area contributed by atoms with E-state index in [0.29, 0.717) is 12.4 Å². The molecule has 112 valence electrons. The average Bonchev–Trinajstić information content (AvgIpc) is 2.89. The van der Waals surface area contributed by atoms with Gasteiger partial charge in [-0.1, -0.05) is 0 Å². The third-order valence-corrected chi connectivity index (χ3v) is 3.22. The molecule has 21 heavy (non-hydrogen) atoms. The molecule has 0 aromatic carbocycles. The number of rotatable bonds is 6. The molecule has 7 heteroatoms. The molecule has 0 bridgehead atoms. The van der Waals surface area contributed by atoms with E-state index in [1.807, 2.05) is 26.2 Å².